The summed E-state index contributed by atoms with van der Waals surface area (Å²) in [4.78, 5) is 25.6. The van der Waals surface area contributed by atoms with Gasteiger partial charge in [-0.25, -0.2) is 14.4 Å². The first-order chi connectivity index (χ1) is 14.1. The molecule has 1 aliphatic heterocycles. The number of thiophene rings is 1. The average Bonchev–Trinajstić information content (AvgIpc) is 3.39. The first-order valence-electron chi connectivity index (χ1n) is 9.71. The van der Waals surface area contributed by atoms with E-state index in [9.17, 15) is 9.18 Å². The van der Waals surface area contributed by atoms with Gasteiger partial charge in [0, 0.05) is 12.7 Å². The van der Waals surface area contributed by atoms with E-state index in [0.717, 1.165) is 36.8 Å². The Morgan fingerprint density at radius 1 is 1.41 bits per heavy atom. The Kier molecular flexibility index (Phi) is 5.96. The Morgan fingerprint density at radius 3 is 3.10 bits per heavy atom. The molecule has 29 heavy (non-hydrogen) atoms. The summed E-state index contributed by atoms with van der Waals surface area (Å²) in [5.41, 5.74) is 1.75. The number of fused-ring (bicyclic) bond motifs is 1. The van der Waals surface area contributed by atoms with Gasteiger partial charge in [-0.2, -0.15) is 0 Å². The molecule has 0 aromatic carbocycles. The fraction of sp³-hybridized carbons (Fsp3) is 0.400. The van der Waals surface area contributed by atoms with Crippen LogP contribution in [0.5, 0.6) is 0 Å². The van der Waals surface area contributed by atoms with Crippen molar-refractivity contribution in [2.45, 2.75) is 25.8 Å². The monoisotopic (exact) mass is 414 g/mol. The van der Waals surface area contributed by atoms with Crippen molar-refractivity contribution in [1.29, 1.82) is 0 Å². The molecule has 0 bridgehead atoms. The normalized spacial score (nSPS) is 17.4. The maximum Gasteiger partial charge on any atom is 0.271 e. The second-order valence-electron chi connectivity index (χ2n) is 7.24. The van der Waals surface area contributed by atoms with Crippen LogP contribution in [0.2, 0.25) is 0 Å². The molecule has 3 N–H and O–H groups in total. The lowest BCUT2D eigenvalue weighted by Gasteiger charge is -2.15. The summed E-state index contributed by atoms with van der Waals surface area (Å²) >= 11 is 1.44. The summed E-state index contributed by atoms with van der Waals surface area (Å²) in [5, 5.41) is 11.4. The SMILES string of the molecule is C[C@H](Nc1nc(C(=O)NCCC2CCNC2)c2sccc2n1)c1cncc(F)c1. The molecule has 2 atom stereocenters. The number of hydrogen-bond donors (Lipinski definition) is 3. The molecule has 4 heterocycles. The highest BCUT2D eigenvalue weighted by Gasteiger charge is 2.19. The van der Waals surface area contributed by atoms with Crippen LogP contribution in [-0.2, 0) is 0 Å². The number of carbonyl (C=O) groups excluding carboxylic acids is 1. The van der Waals surface area contributed by atoms with Crippen molar-refractivity contribution in [3.8, 4) is 0 Å². The summed E-state index contributed by atoms with van der Waals surface area (Å²) in [7, 11) is 0. The predicted octanol–water partition coefficient (Wildman–Crippen LogP) is 3.13. The van der Waals surface area contributed by atoms with Gasteiger partial charge in [0.15, 0.2) is 5.69 Å². The molecular formula is C20H23FN6OS. The number of nitrogens with one attached hydrogen (secondary N) is 3. The third kappa shape index (κ3) is 4.68. The van der Waals surface area contributed by atoms with Crippen molar-refractivity contribution in [2.24, 2.45) is 5.92 Å². The summed E-state index contributed by atoms with van der Waals surface area (Å²) in [6.07, 6.45) is 4.86. The minimum absolute atomic E-state index is 0.200. The van der Waals surface area contributed by atoms with Crippen molar-refractivity contribution in [2.75, 3.05) is 25.0 Å². The highest BCUT2D eigenvalue weighted by molar-refractivity contribution is 7.17. The number of amides is 1. The van der Waals surface area contributed by atoms with Gasteiger partial charge in [0.05, 0.1) is 22.5 Å². The summed E-state index contributed by atoms with van der Waals surface area (Å²) < 4.78 is 14.2. The lowest BCUT2D eigenvalue weighted by Crippen LogP contribution is -2.27. The van der Waals surface area contributed by atoms with Crippen molar-refractivity contribution in [1.82, 2.24) is 25.6 Å². The van der Waals surface area contributed by atoms with Gasteiger partial charge in [0.2, 0.25) is 5.95 Å². The molecule has 1 aliphatic rings. The molecule has 7 nitrogen and oxygen atoms in total. The third-order valence-electron chi connectivity index (χ3n) is 5.09. The van der Waals surface area contributed by atoms with E-state index in [1.807, 2.05) is 18.4 Å². The van der Waals surface area contributed by atoms with Gasteiger partial charge in [0.25, 0.3) is 5.91 Å². The molecule has 9 heteroatoms. The molecule has 1 fully saturated rings. The van der Waals surface area contributed by atoms with E-state index in [4.69, 9.17) is 0 Å². The van der Waals surface area contributed by atoms with E-state index in [-0.39, 0.29) is 11.9 Å². The highest BCUT2D eigenvalue weighted by atomic mass is 32.1. The fourth-order valence-electron chi connectivity index (χ4n) is 3.46. The molecule has 1 amide bonds. The Bertz CT molecular complexity index is 1000. The molecule has 0 saturated carbocycles. The molecule has 3 aromatic rings. The van der Waals surface area contributed by atoms with E-state index in [1.54, 1.807) is 6.20 Å². The Labute approximate surface area is 172 Å². The van der Waals surface area contributed by atoms with Gasteiger partial charge in [0.1, 0.15) is 5.82 Å². The van der Waals surface area contributed by atoms with Gasteiger partial charge in [-0.05, 0) is 61.8 Å². The molecule has 0 spiro atoms. The van der Waals surface area contributed by atoms with Crippen LogP contribution in [0.4, 0.5) is 10.3 Å². The van der Waals surface area contributed by atoms with E-state index >= 15 is 0 Å². The van der Waals surface area contributed by atoms with Crippen molar-refractivity contribution >= 4 is 33.4 Å². The molecule has 3 aromatic heterocycles. The van der Waals surface area contributed by atoms with Crippen molar-refractivity contribution in [3.05, 3.63) is 47.0 Å². The number of halogens is 1. The lowest BCUT2D eigenvalue weighted by atomic mass is 10.1. The zero-order chi connectivity index (χ0) is 20.2. The maximum atomic E-state index is 13.5. The Morgan fingerprint density at radius 2 is 2.31 bits per heavy atom. The van der Waals surface area contributed by atoms with Crippen LogP contribution in [0.3, 0.4) is 0 Å². The van der Waals surface area contributed by atoms with Crippen LogP contribution >= 0.6 is 11.3 Å². The van der Waals surface area contributed by atoms with Gasteiger partial charge >= 0.3 is 0 Å². The smallest absolute Gasteiger partial charge is 0.271 e. The van der Waals surface area contributed by atoms with Crippen LogP contribution in [0, 0.1) is 11.7 Å². The number of hydrogen-bond acceptors (Lipinski definition) is 7. The van der Waals surface area contributed by atoms with Crippen molar-refractivity contribution in [3.63, 3.8) is 0 Å². The number of carbonyl (C=O) groups is 1. The second-order valence-corrected chi connectivity index (χ2v) is 8.15. The van der Waals surface area contributed by atoms with Crippen LogP contribution in [0.15, 0.2) is 29.9 Å². The number of rotatable bonds is 7. The number of anilines is 1. The van der Waals surface area contributed by atoms with Gasteiger partial charge in [-0.3, -0.25) is 9.78 Å². The van der Waals surface area contributed by atoms with Gasteiger partial charge in [-0.1, -0.05) is 0 Å². The second kappa shape index (κ2) is 8.79. The molecular weight excluding hydrogens is 391 g/mol. The fourth-order valence-corrected chi connectivity index (χ4v) is 4.28. The van der Waals surface area contributed by atoms with Crippen LogP contribution < -0.4 is 16.0 Å². The number of aromatic nitrogens is 3. The topological polar surface area (TPSA) is 91.8 Å². The standard InChI is InChI=1S/C20H23FN6OS/c1-12(14-8-15(21)11-23-10-14)25-20-26-16-4-7-29-18(16)17(27-20)19(28)24-6-3-13-2-5-22-9-13/h4,7-8,10-13,22H,2-3,5-6,9H2,1H3,(H,24,28)(H,25,26,27)/t12-,13?/m0/s1. The summed E-state index contributed by atoms with van der Waals surface area (Å²) in [6.45, 7) is 4.55. The average molecular weight is 415 g/mol. The zero-order valence-electron chi connectivity index (χ0n) is 16.1. The lowest BCUT2D eigenvalue weighted by molar-refractivity contribution is 0.0948. The zero-order valence-corrected chi connectivity index (χ0v) is 16.9. The Hall–Kier alpha value is -2.65. The largest absolute Gasteiger partial charge is 0.351 e. The minimum Gasteiger partial charge on any atom is -0.351 e. The molecule has 1 unspecified atom stereocenters. The molecule has 0 aliphatic carbocycles. The quantitative estimate of drug-likeness (QED) is 0.550. The summed E-state index contributed by atoms with van der Waals surface area (Å²) in [6, 6.07) is 3.02. The predicted molar refractivity (Wildman–Crippen MR) is 112 cm³/mol. The van der Waals surface area contributed by atoms with Crippen molar-refractivity contribution < 1.29 is 9.18 Å². The highest BCUT2D eigenvalue weighted by Crippen LogP contribution is 2.25. The number of pyridine rings is 1. The van der Waals surface area contributed by atoms with Crippen LogP contribution in [0.25, 0.3) is 10.2 Å². The Balaban J connectivity index is 1.49. The van der Waals surface area contributed by atoms with Crippen LogP contribution in [0.1, 0.15) is 41.9 Å². The van der Waals surface area contributed by atoms with E-state index in [0.29, 0.717) is 35.2 Å². The molecule has 4 rings (SSSR count). The molecule has 1 saturated heterocycles. The first kappa shape index (κ1) is 19.7. The molecule has 0 radical (unpaired) electrons. The van der Waals surface area contributed by atoms with E-state index in [1.165, 1.54) is 17.4 Å². The summed E-state index contributed by atoms with van der Waals surface area (Å²) in [5.74, 6) is 0.343. The van der Waals surface area contributed by atoms with Gasteiger partial charge < -0.3 is 16.0 Å². The maximum absolute atomic E-state index is 13.5. The first-order valence-corrected chi connectivity index (χ1v) is 10.6. The number of nitrogens with zero attached hydrogens (tertiary/aromatic N) is 3. The van der Waals surface area contributed by atoms with Crippen LogP contribution in [-0.4, -0.2) is 40.5 Å². The molecule has 152 valence electrons. The van der Waals surface area contributed by atoms with Gasteiger partial charge in [-0.15, -0.1) is 11.3 Å². The van der Waals surface area contributed by atoms with E-state index < -0.39 is 5.82 Å². The minimum atomic E-state index is -0.400. The van der Waals surface area contributed by atoms with E-state index in [2.05, 4.69) is 30.9 Å². The third-order valence-corrected chi connectivity index (χ3v) is 6.00.